The third-order valence-electron chi connectivity index (χ3n) is 13.4. The monoisotopic (exact) mass is 763 g/mol. The topological polar surface area (TPSA) is 92.5 Å². The Morgan fingerprint density at radius 3 is 2.62 bits per heavy atom. The van der Waals surface area contributed by atoms with Gasteiger partial charge in [-0.05, 0) is 105 Å². The van der Waals surface area contributed by atoms with Crippen molar-refractivity contribution in [3.05, 3.63) is 77.5 Å². The predicted octanol–water partition coefficient (Wildman–Crippen LogP) is 8.49. The number of fused-ring (bicyclic) bond motifs is 3. The lowest BCUT2D eigenvalue weighted by atomic mass is 9.59. The van der Waals surface area contributed by atoms with Crippen molar-refractivity contribution in [2.75, 3.05) is 55.8 Å². The van der Waals surface area contributed by atoms with Gasteiger partial charge in [0.25, 0.3) is 0 Å². The molecule has 1 spiro atoms. The van der Waals surface area contributed by atoms with E-state index < -0.39 is 14.0 Å². The van der Waals surface area contributed by atoms with E-state index in [1.807, 2.05) is 16.8 Å². The molecule has 9 rings (SSSR count). The number of aromatic carboxylic acids is 1. The Bertz CT molecular complexity index is 2050. The van der Waals surface area contributed by atoms with Gasteiger partial charge < -0.3 is 33.7 Å². The van der Waals surface area contributed by atoms with Gasteiger partial charge in [-0.15, -0.1) is 0 Å². The third kappa shape index (κ3) is 7.17. The van der Waals surface area contributed by atoms with Crippen molar-refractivity contribution in [2.45, 2.75) is 96.1 Å². The highest BCUT2D eigenvalue weighted by Gasteiger charge is 2.50. The highest BCUT2D eigenvalue weighted by molar-refractivity contribution is 6.76. The van der Waals surface area contributed by atoms with Gasteiger partial charge >= 0.3 is 5.97 Å². The molecule has 0 unspecified atom stereocenters. The zero-order valence-corrected chi connectivity index (χ0v) is 34.0. The fourth-order valence-corrected chi connectivity index (χ4v) is 10.8. The minimum absolute atomic E-state index is 0.0771. The Hall–Kier alpha value is -3.90. The summed E-state index contributed by atoms with van der Waals surface area (Å²) in [5.41, 5.74) is 6.97. The van der Waals surface area contributed by atoms with Gasteiger partial charge in [-0.25, -0.2) is 4.79 Å². The Balaban J connectivity index is 0.945. The zero-order valence-electron chi connectivity index (χ0n) is 33.0. The number of aromatic nitrogens is 2. The molecule has 0 amide bonds. The van der Waals surface area contributed by atoms with Crippen LogP contribution in [-0.2, 0) is 16.2 Å². The smallest absolute Gasteiger partial charge is 0.337 e. The number of benzene rings is 2. The van der Waals surface area contributed by atoms with Crippen LogP contribution in [0.1, 0.15) is 66.1 Å². The number of pyridine rings is 1. The number of aryl methyl sites for hydroxylation is 1. The van der Waals surface area contributed by atoms with E-state index in [2.05, 4.69) is 83.7 Å². The van der Waals surface area contributed by atoms with E-state index in [4.69, 9.17) is 19.2 Å². The third-order valence-corrected chi connectivity index (χ3v) is 15.1. The first kappa shape index (κ1) is 36.7. The van der Waals surface area contributed by atoms with Gasteiger partial charge in [0.05, 0.1) is 24.5 Å². The fourth-order valence-electron chi connectivity index (χ4n) is 10.1. The van der Waals surface area contributed by atoms with E-state index in [1.54, 1.807) is 6.07 Å². The molecule has 1 saturated carbocycles. The number of anilines is 3. The number of hydrogen-bond donors (Lipinski definition) is 1. The van der Waals surface area contributed by atoms with Crippen molar-refractivity contribution in [1.29, 1.82) is 0 Å². The molecule has 1 N–H and O–H groups in total. The van der Waals surface area contributed by atoms with E-state index in [1.165, 1.54) is 56.2 Å². The summed E-state index contributed by atoms with van der Waals surface area (Å²) in [5, 5.41) is 11.5. The molecular weight excluding hydrogens is 707 g/mol. The van der Waals surface area contributed by atoms with E-state index >= 15 is 0 Å². The van der Waals surface area contributed by atoms with E-state index in [-0.39, 0.29) is 17.6 Å². The summed E-state index contributed by atoms with van der Waals surface area (Å²) >= 11 is 0. The molecule has 55 heavy (non-hydrogen) atoms. The van der Waals surface area contributed by atoms with Crippen molar-refractivity contribution in [3.8, 4) is 5.88 Å². The largest absolute Gasteiger partial charge is 0.478 e. The average Bonchev–Trinajstić information content (AvgIpc) is 3.89. The summed E-state index contributed by atoms with van der Waals surface area (Å²) in [6.45, 7) is 15.3. The van der Waals surface area contributed by atoms with Crippen LogP contribution < -0.4 is 14.5 Å². The minimum Gasteiger partial charge on any atom is -0.478 e. The average molecular weight is 764 g/mol. The standard InChI is InChI=1S/C44H57N5O5Si/c1-30-8-5-6-9-35(30)37-10-7-16-48(37)34-24-44(25-34)14-18-46(19-15-44)33-11-12-36(43(50)51)38(23-33)49-26-32-27-53-28-40(32)54-42-39(49)22-31-13-17-47(41(31)45-42)29-52-20-21-55(2,3)4/h5-6,8-9,11-13,17,22-23,32,34,37,40H,7,10,14-16,18-21,24-29H2,1-4H3,(H,50,51)/t32-,37+,40-/m1/s1. The van der Waals surface area contributed by atoms with Crippen LogP contribution in [0.15, 0.2) is 60.8 Å². The van der Waals surface area contributed by atoms with Crippen LogP contribution in [0.25, 0.3) is 11.0 Å². The molecule has 1 aliphatic carbocycles. The van der Waals surface area contributed by atoms with Crippen molar-refractivity contribution in [3.63, 3.8) is 0 Å². The number of ether oxygens (including phenoxy) is 3. The molecule has 0 bridgehead atoms. The predicted molar refractivity (Wildman–Crippen MR) is 220 cm³/mol. The number of rotatable bonds is 10. The molecule has 2 aromatic carbocycles. The first-order valence-corrected chi connectivity index (χ1v) is 24.3. The lowest BCUT2D eigenvalue weighted by molar-refractivity contribution is -0.0227. The van der Waals surface area contributed by atoms with E-state index in [0.717, 1.165) is 48.1 Å². The molecule has 4 aliphatic heterocycles. The number of likely N-dealkylation sites (tertiary alicyclic amines) is 1. The number of piperidine rings is 1. The molecule has 0 radical (unpaired) electrons. The van der Waals surface area contributed by atoms with Crippen LogP contribution in [0.5, 0.6) is 5.88 Å². The van der Waals surface area contributed by atoms with Crippen molar-refractivity contribution < 1.29 is 24.1 Å². The maximum absolute atomic E-state index is 12.9. The number of carboxylic acid groups (broad SMARTS) is 1. The molecule has 11 heteroatoms. The minimum atomic E-state index is -1.20. The van der Waals surface area contributed by atoms with Crippen LogP contribution in [0.4, 0.5) is 17.1 Å². The molecular formula is C44H57N5O5Si. The van der Waals surface area contributed by atoms with Crippen LogP contribution in [0, 0.1) is 18.3 Å². The summed E-state index contributed by atoms with van der Waals surface area (Å²) in [7, 11) is -1.20. The van der Waals surface area contributed by atoms with Crippen molar-refractivity contribution in [2.24, 2.45) is 11.3 Å². The summed E-state index contributed by atoms with van der Waals surface area (Å²) in [5.74, 6) is -0.350. The second kappa shape index (κ2) is 14.6. The lowest BCUT2D eigenvalue weighted by Crippen LogP contribution is -2.54. The summed E-state index contributed by atoms with van der Waals surface area (Å²) in [6, 6.07) is 21.4. The molecule has 10 nitrogen and oxygen atoms in total. The van der Waals surface area contributed by atoms with E-state index in [9.17, 15) is 9.90 Å². The second-order valence-corrected chi connectivity index (χ2v) is 23.9. The van der Waals surface area contributed by atoms with Gasteiger partial charge in [-0.2, -0.15) is 4.98 Å². The lowest BCUT2D eigenvalue weighted by Gasteiger charge is -2.56. The first-order valence-electron chi connectivity index (χ1n) is 20.6. The number of nitrogens with zero attached hydrogens (tertiary/aromatic N) is 5. The Morgan fingerprint density at radius 1 is 1.02 bits per heavy atom. The normalized spacial score (nSPS) is 24.1. The Labute approximate surface area is 326 Å². The van der Waals surface area contributed by atoms with Crippen LogP contribution >= 0.6 is 0 Å². The van der Waals surface area contributed by atoms with Crippen molar-refractivity contribution >= 4 is 42.1 Å². The van der Waals surface area contributed by atoms with Crippen LogP contribution in [-0.4, -0.2) is 91.7 Å². The zero-order chi connectivity index (χ0) is 37.9. The van der Waals surface area contributed by atoms with E-state index in [0.29, 0.717) is 55.6 Å². The molecule has 2 aromatic heterocycles. The molecule has 4 aromatic rings. The first-order chi connectivity index (χ1) is 26.5. The molecule has 3 atom stereocenters. The van der Waals surface area contributed by atoms with Gasteiger partial charge in [-0.1, -0.05) is 43.9 Å². The second-order valence-electron chi connectivity index (χ2n) is 18.2. The number of carbonyl (C=O) groups is 1. The van der Waals surface area contributed by atoms with Crippen molar-refractivity contribution in [1.82, 2.24) is 14.5 Å². The summed E-state index contributed by atoms with van der Waals surface area (Å²) < 4.78 is 20.7. The SMILES string of the molecule is Cc1ccccc1[C@@H]1CCCN1C1CC2(CCN(c3ccc(C(=O)O)c(N4C[C@@H]5COC[C@H]5Oc5nc6c(ccn6COCC[Si](C)(C)C)cc54)c3)CC2)C1. The van der Waals surface area contributed by atoms with Gasteiger partial charge in [0, 0.05) is 69.6 Å². The molecule has 292 valence electrons. The quantitative estimate of drug-likeness (QED) is 0.126. The maximum Gasteiger partial charge on any atom is 0.337 e. The van der Waals surface area contributed by atoms with Crippen LogP contribution in [0.2, 0.25) is 25.7 Å². The number of carboxylic acids is 1. The molecule has 4 fully saturated rings. The molecule has 3 saturated heterocycles. The molecule has 5 aliphatic rings. The fraction of sp³-hybridized carbons (Fsp3) is 0.545. The number of hydrogen-bond acceptors (Lipinski definition) is 8. The highest BCUT2D eigenvalue weighted by Crippen LogP contribution is 2.54. The van der Waals surface area contributed by atoms with Gasteiger partial charge in [0.1, 0.15) is 24.2 Å². The Morgan fingerprint density at radius 2 is 1.84 bits per heavy atom. The summed E-state index contributed by atoms with van der Waals surface area (Å²) in [6.07, 6.45) is 9.33. The maximum atomic E-state index is 12.9. The Kier molecular flexibility index (Phi) is 9.71. The summed E-state index contributed by atoms with van der Waals surface area (Å²) in [4.78, 5) is 25.4. The van der Waals surface area contributed by atoms with Gasteiger partial charge in [0.2, 0.25) is 5.88 Å². The van der Waals surface area contributed by atoms with Gasteiger partial charge in [-0.3, -0.25) is 4.90 Å². The molecule has 6 heterocycles. The van der Waals surface area contributed by atoms with Crippen LogP contribution in [0.3, 0.4) is 0 Å². The van der Waals surface area contributed by atoms with Gasteiger partial charge in [0.15, 0.2) is 0 Å². The highest BCUT2D eigenvalue weighted by atomic mass is 28.3.